The lowest BCUT2D eigenvalue weighted by molar-refractivity contribution is 0.414. The number of fused-ring (bicyclic) bond motifs is 1. The highest BCUT2D eigenvalue weighted by Crippen LogP contribution is 2.23. The van der Waals surface area contributed by atoms with Gasteiger partial charge in [0.25, 0.3) is 0 Å². The van der Waals surface area contributed by atoms with E-state index in [4.69, 9.17) is 0 Å². The molecule has 3 aromatic rings. The monoisotopic (exact) mass is 268 g/mol. The van der Waals surface area contributed by atoms with Gasteiger partial charge in [0.1, 0.15) is 5.82 Å². The van der Waals surface area contributed by atoms with Crippen LogP contribution in [-0.4, -0.2) is 40.1 Å². The van der Waals surface area contributed by atoms with Gasteiger partial charge in [-0.3, -0.25) is 0 Å². The fourth-order valence-electron chi connectivity index (χ4n) is 2.52. The molecule has 0 radical (unpaired) electrons. The van der Waals surface area contributed by atoms with Gasteiger partial charge in [-0.2, -0.15) is 0 Å². The zero-order valence-corrected chi connectivity index (χ0v) is 12.2. The molecule has 0 aliphatic carbocycles. The molecular formula is C16H20N4. The molecule has 3 rings (SSSR count). The van der Waals surface area contributed by atoms with Crippen LogP contribution in [0.4, 0.5) is 0 Å². The van der Waals surface area contributed by atoms with E-state index < -0.39 is 0 Å². The number of benzene rings is 1. The summed E-state index contributed by atoms with van der Waals surface area (Å²) in [6.45, 7) is 3.08. The summed E-state index contributed by atoms with van der Waals surface area (Å²) in [6.07, 6.45) is 7.02. The molecule has 0 spiro atoms. The quantitative estimate of drug-likeness (QED) is 0.790. The standard InChI is InChI=1S/C16H20N4/c1-12-17-7-9-20(12)14-4-5-16-15(10-14)13(11-18-16)6-8-19(2)3/h4-5,7,9-11,18H,6,8H2,1-3H3. The lowest BCUT2D eigenvalue weighted by Gasteiger charge is -2.09. The van der Waals surface area contributed by atoms with Crippen LogP contribution < -0.4 is 0 Å². The van der Waals surface area contributed by atoms with E-state index in [2.05, 4.69) is 57.9 Å². The summed E-state index contributed by atoms with van der Waals surface area (Å²) in [5, 5.41) is 1.30. The fraction of sp³-hybridized carbons (Fsp3) is 0.312. The topological polar surface area (TPSA) is 36.9 Å². The van der Waals surface area contributed by atoms with Crippen LogP contribution in [-0.2, 0) is 6.42 Å². The molecule has 0 fully saturated rings. The largest absolute Gasteiger partial charge is 0.361 e. The van der Waals surface area contributed by atoms with Gasteiger partial charge in [0.05, 0.1) is 0 Å². The van der Waals surface area contributed by atoms with Crippen molar-refractivity contribution in [3.63, 3.8) is 0 Å². The molecule has 0 atom stereocenters. The maximum absolute atomic E-state index is 4.29. The highest BCUT2D eigenvalue weighted by atomic mass is 15.1. The van der Waals surface area contributed by atoms with Gasteiger partial charge in [0, 0.05) is 41.7 Å². The van der Waals surface area contributed by atoms with Gasteiger partial charge < -0.3 is 14.5 Å². The third kappa shape index (κ3) is 2.34. The van der Waals surface area contributed by atoms with Gasteiger partial charge in [-0.25, -0.2) is 4.98 Å². The minimum Gasteiger partial charge on any atom is -0.361 e. The molecule has 1 aromatic carbocycles. The van der Waals surface area contributed by atoms with E-state index in [9.17, 15) is 0 Å². The Bertz CT molecular complexity index is 721. The summed E-state index contributed by atoms with van der Waals surface area (Å²) in [5.41, 5.74) is 3.73. The van der Waals surface area contributed by atoms with Gasteiger partial charge in [0.15, 0.2) is 0 Å². The molecule has 0 aliphatic heterocycles. The van der Waals surface area contributed by atoms with Crippen molar-refractivity contribution in [1.29, 1.82) is 0 Å². The van der Waals surface area contributed by atoms with Gasteiger partial charge in [-0.1, -0.05) is 0 Å². The van der Waals surface area contributed by atoms with Crippen molar-refractivity contribution < 1.29 is 0 Å². The van der Waals surface area contributed by atoms with Crippen LogP contribution in [0.25, 0.3) is 16.6 Å². The normalized spacial score (nSPS) is 11.6. The van der Waals surface area contributed by atoms with Crippen molar-refractivity contribution in [1.82, 2.24) is 19.4 Å². The van der Waals surface area contributed by atoms with Crippen LogP contribution in [0.15, 0.2) is 36.8 Å². The number of aromatic nitrogens is 3. The Kier molecular flexibility index (Phi) is 3.32. The summed E-state index contributed by atoms with van der Waals surface area (Å²) in [4.78, 5) is 9.86. The Balaban J connectivity index is 2.01. The number of imidazole rings is 1. The van der Waals surface area contributed by atoms with E-state index in [0.29, 0.717) is 0 Å². The molecule has 0 aliphatic rings. The van der Waals surface area contributed by atoms with Crippen molar-refractivity contribution in [2.75, 3.05) is 20.6 Å². The summed E-state index contributed by atoms with van der Waals surface area (Å²) in [5.74, 6) is 1.01. The summed E-state index contributed by atoms with van der Waals surface area (Å²) < 4.78 is 2.11. The van der Waals surface area contributed by atoms with Gasteiger partial charge >= 0.3 is 0 Å². The second-order valence-electron chi connectivity index (χ2n) is 5.44. The Hall–Kier alpha value is -2.07. The van der Waals surface area contributed by atoms with Crippen molar-refractivity contribution in [2.45, 2.75) is 13.3 Å². The zero-order valence-electron chi connectivity index (χ0n) is 12.2. The number of aromatic amines is 1. The first-order valence-electron chi connectivity index (χ1n) is 6.90. The first kappa shape index (κ1) is 12.9. The third-order valence-electron chi connectivity index (χ3n) is 3.68. The first-order chi connectivity index (χ1) is 9.65. The molecular weight excluding hydrogens is 248 g/mol. The SMILES string of the molecule is Cc1nccn1-c1ccc2[nH]cc(CCN(C)C)c2c1. The number of nitrogens with zero attached hydrogens (tertiary/aromatic N) is 3. The number of nitrogens with one attached hydrogen (secondary N) is 1. The van der Waals surface area contributed by atoms with E-state index >= 15 is 0 Å². The minimum atomic E-state index is 1.01. The van der Waals surface area contributed by atoms with Crippen LogP contribution in [0.2, 0.25) is 0 Å². The van der Waals surface area contributed by atoms with Crippen LogP contribution in [0.5, 0.6) is 0 Å². The molecule has 1 N–H and O–H groups in total. The molecule has 2 aromatic heterocycles. The van der Waals surface area contributed by atoms with Crippen LogP contribution in [0.1, 0.15) is 11.4 Å². The lowest BCUT2D eigenvalue weighted by atomic mass is 10.1. The third-order valence-corrected chi connectivity index (χ3v) is 3.68. The van der Waals surface area contributed by atoms with Crippen molar-refractivity contribution >= 4 is 10.9 Å². The highest BCUT2D eigenvalue weighted by Gasteiger charge is 2.07. The fourth-order valence-corrected chi connectivity index (χ4v) is 2.52. The number of likely N-dealkylation sites (N-methyl/N-ethyl adjacent to an activating group) is 1. The van der Waals surface area contributed by atoms with Gasteiger partial charge in [0.2, 0.25) is 0 Å². The number of aryl methyl sites for hydroxylation is 1. The Morgan fingerprint density at radius 3 is 2.85 bits per heavy atom. The summed E-state index contributed by atoms with van der Waals surface area (Å²) in [6, 6.07) is 6.51. The molecule has 0 saturated heterocycles. The van der Waals surface area contributed by atoms with Crippen molar-refractivity contribution in [2.24, 2.45) is 0 Å². The molecule has 0 amide bonds. The smallest absolute Gasteiger partial charge is 0.110 e. The van der Waals surface area contributed by atoms with E-state index in [-0.39, 0.29) is 0 Å². The average Bonchev–Trinajstić information content (AvgIpc) is 3.01. The maximum atomic E-state index is 4.29. The second-order valence-corrected chi connectivity index (χ2v) is 5.44. The molecule has 4 heteroatoms. The van der Waals surface area contributed by atoms with Gasteiger partial charge in [-0.15, -0.1) is 0 Å². The average molecular weight is 268 g/mol. The highest BCUT2D eigenvalue weighted by molar-refractivity contribution is 5.85. The second kappa shape index (κ2) is 5.13. The number of hydrogen-bond donors (Lipinski definition) is 1. The summed E-state index contributed by atoms with van der Waals surface area (Å²) >= 11 is 0. The van der Waals surface area contributed by atoms with E-state index in [1.165, 1.54) is 22.2 Å². The Morgan fingerprint density at radius 2 is 2.15 bits per heavy atom. The molecule has 104 valence electrons. The predicted octanol–water partition coefficient (Wildman–Crippen LogP) is 2.77. The van der Waals surface area contributed by atoms with E-state index in [1.807, 2.05) is 19.3 Å². The van der Waals surface area contributed by atoms with Gasteiger partial charge in [-0.05, 0) is 51.2 Å². The minimum absolute atomic E-state index is 1.01. The molecule has 4 nitrogen and oxygen atoms in total. The summed E-state index contributed by atoms with van der Waals surface area (Å²) in [7, 11) is 4.21. The van der Waals surface area contributed by atoms with Crippen molar-refractivity contribution in [3.8, 4) is 5.69 Å². The van der Waals surface area contributed by atoms with E-state index in [1.54, 1.807) is 0 Å². The Morgan fingerprint density at radius 1 is 1.30 bits per heavy atom. The number of hydrogen-bond acceptors (Lipinski definition) is 2. The van der Waals surface area contributed by atoms with E-state index in [0.717, 1.165) is 18.8 Å². The molecule has 20 heavy (non-hydrogen) atoms. The van der Waals surface area contributed by atoms with Crippen LogP contribution in [0.3, 0.4) is 0 Å². The number of H-pyrrole nitrogens is 1. The molecule has 0 bridgehead atoms. The first-order valence-corrected chi connectivity index (χ1v) is 6.90. The number of rotatable bonds is 4. The van der Waals surface area contributed by atoms with Crippen molar-refractivity contribution in [3.05, 3.63) is 48.2 Å². The predicted molar refractivity (Wildman–Crippen MR) is 82.4 cm³/mol. The van der Waals surface area contributed by atoms with Crippen LogP contribution in [0, 0.1) is 6.92 Å². The molecule has 0 unspecified atom stereocenters. The lowest BCUT2D eigenvalue weighted by Crippen LogP contribution is -2.14. The van der Waals surface area contributed by atoms with Crippen LogP contribution >= 0.6 is 0 Å². The molecule has 0 saturated carbocycles. The molecule has 2 heterocycles. The zero-order chi connectivity index (χ0) is 14.1. The maximum Gasteiger partial charge on any atom is 0.110 e. The Labute approximate surface area is 119 Å².